The quantitative estimate of drug-likeness (QED) is 0.718. The Morgan fingerprint density at radius 2 is 1.95 bits per heavy atom. The predicted octanol–water partition coefficient (Wildman–Crippen LogP) is 4.34. The Balaban J connectivity index is 1.79. The number of anilines is 1. The van der Waals surface area contributed by atoms with Gasteiger partial charge in [-0.1, -0.05) is 27.6 Å². The number of aryl methyl sites for hydroxylation is 1. The normalized spacial score (nSPS) is 10.3. The van der Waals surface area contributed by atoms with Gasteiger partial charge in [-0.05, 0) is 49.7 Å². The Morgan fingerprint density at radius 3 is 2.64 bits per heavy atom. The minimum absolute atomic E-state index is 0.300. The van der Waals surface area contributed by atoms with Crippen molar-refractivity contribution in [2.24, 2.45) is 0 Å². The molecule has 2 N–H and O–H groups in total. The molecule has 0 spiro atoms. The highest BCUT2D eigenvalue weighted by molar-refractivity contribution is 9.10. The first kappa shape index (κ1) is 16.4. The molecule has 0 bridgehead atoms. The Labute approximate surface area is 138 Å². The maximum absolute atomic E-state index is 11.2. The molecule has 0 aliphatic rings. The third-order valence-corrected chi connectivity index (χ3v) is 3.65. The Morgan fingerprint density at radius 1 is 1.23 bits per heavy atom. The van der Waals surface area contributed by atoms with Gasteiger partial charge >= 0.3 is 5.97 Å². The van der Waals surface area contributed by atoms with Crippen LogP contribution in [0.4, 0.5) is 5.69 Å². The number of benzene rings is 2. The molecule has 0 saturated carbocycles. The van der Waals surface area contributed by atoms with Gasteiger partial charge in [0.25, 0.3) is 0 Å². The molecule has 0 heterocycles. The van der Waals surface area contributed by atoms with Crippen molar-refractivity contribution in [2.75, 3.05) is 18.5 Å². The summed E-state index contributed by atoms with van der Waals surface area (Å²) < 4.78 is 6.63. The summed E-state index contributed by atoms with van der Waals surface area (Å²) in [6.45, 7) is 3.10. The van der Waals surface area contributed by atoms with Crippen molar-refractivity contribution in [2.45, 2.75) is 13.3 Å². The minimum Gasteiger partial charge on any atom is -0.494 e. The number of hydrogen-bond donors (Lipinski definition) is 2. The summed E-state index contributed by atoms with van der Waals surface area (Å²) in [4.78, 5) is 11.2. The molecule has 0 fully saturated rings. The first-order valence-corrected chi connectivity index (χ1v) is 7.82. The Bertz CT molecular complexity index is 641. The molecule has 0 aliphatic carbocycles. The summed E-state index contributed by atoms with van der Waals surface area (Å²) in [7, 11) is 0. The summed E-state index contributed by atoms with van der Waals surface area (Å²) in [6, 6.07) is 13.0. The van der Waals surface area contributed by atoms with E-state index in [4.69, 9.17) is 4.74 Å². The van der Waals surface area contributed by atoms with Crippen LogP contribution in [0.2, 0.25) is 0 Å². The summed E-state index contributed by atoms with van der Waals surface area (Å²) in [5, 5.41) is 12.3. The van der Waals surface area contributed by atoms with Crippen molar-refractivity contribution in [3.05, 3.63) is 58.1 Å². The van der Waals surface area contributed by atoms with Crippen molar-refractivity contribution in [1.82, 2.24) is 0 Å². The Hall–Kier alpha value is -2.01. The molecule has 0 saturated heterocycles. The molecular formula is C17H18BrNO3. The van der Waals surface area contributed by atoms with Crippen LogP contribution in [0.3, 0.4) is 0 Å². The van der Waals surface area contributed by atoms with Crippen LogP contribution in [0.25, 0.3) is 0 Å². The van der Waals surface area contributed by atoms with E-state index in [2.05, 4.69) is 21.2 Å². The molecule has 22 heavy (non-hydrogen) atoms. The second-order valence-electron chi connectivity index (χ2n) is 4.94. The molecule has 0 amide bonds. The third-order valence-electron chi connectivity index (χ3n) is 3.12. The van der Waals surface area contributed by atoms with Crippen LogP contribution in [0.15, 0.2) is 46.9 Å². The lowest BCUT2D eigenvalue weighted by Crippen LogP contribution is -2.10. The number of carbonyl (C=O) groups is 1. The number of rotatable bonds is 7. The van der Waals surface area contributed by atoms with Crippen LogP contribution < -0.4 is 10.1 Å². The standard InChI is InChI=1S/C17H18BrNO3/c1-12-3-8-16(15(11-12)17(20)21)19-9-2-10-22-14-6-4-13(18)5-7-14/h3-8,11,19H,2,9-10H2,1H3,(H,20,21). The van der Waals surface area contributed by atoms with Crippen molar-refractivity contribution in [1.29, 1.82) is 0 Å². The number of nitrogens with one attached hydrogen (secondary N) is 1. The van der Waals surface area contributed by atoms with Gasteiger partial charge < -0.3 is 15.2 Å². The van der Waals surface area contributed by atoms with Gasteiger partial charge in [0.2, 0.25) is 0 Å². The summed E-state index contributed by atoms with van der Waals surface area (Å²) in [5.74, 6) is -0.0953. The predicted molar refractivity (Wildman–Crippen MR) is 90.9 cm³/mol. The number of hydrogen-bond acceptors (Lipinski definition) is 3. The van der Waals surface area contributed by atoms with Gasteiger partial charge in [0.1, 0.15) is 5.75 Å². The number of halogens is 1. The molecule has 0 unspecified atom stereocenters. The average molecular weight is 364 g/mol. The van der Waals surface area contributed by atoms with Gasteiger partial charge in [-0.2, -0.15) is 0 Å². The highest BCUT2D eigenvalue weighted by atomic mass is 79.9. The van der Waals surface area contributed by atoms with Crippen LogP contribution in [-0.4, -0.2) is 24.2 Å². The van der Waals surface area contributed by atoms with E-state index in [1.54, 1.807) is 12.1 Å². The zero-order valence-corrected chi connectivity index (χ0v) is 13.9. The summed E-state index contributed by atoms with van der Waals surface area (Å²) >= 11 is 3.37. The third kappa shape index (κ3) is 4.77. The van der Waals surface area contributed by atoms with Gasteiger partial charge in [0.15, 0.2) is 0 Å². The fraction of sp³-hybridized carbons (Fsp3) is 0.235. The number of carboxylic acid groups (broad SMARTS) is 1. The van der Waals surface area contributed by atoms with E-state index in [1.165, 1.54) is 0 Å². The zero-order valence-electron chi connectivity index (χ0n) is 12.3. The average Bonchev–Trinajstić information content (AvgIpc) is 2.50. The van der Waals surface area contributed by atoms with Crippen LogP contribution in [0.1, 0.15) is 22.3 Å². The van der Waals surface area contributed by atoms with Crippen molar-refractivity contribution < 1.29 is 14.6 Å². The lowest BCUT2D eigenvalue weighted by atomic mass is 10.1. The zero-order chi connectivity index (χ0) is 15.9. The first-order valence-electron chi connectivity index (χ1n) is 7.02. The summed E-state index contributed by atoms with van der Waals surface area (Å²) in [6.07, 6.45) is 0.781. The molecule has 5 heteroatoms. The van der Waals surface area contributed by atoms with E-state index in [9.17, 15) is 9.90 Å². The number of ether oxygens (including phenoxy) is 1. The van der Waals surface area contributed by atoms with E-state index < -0.39 is 5.97 Å². The maximum Gasteiger partial charge on any atom is 0.337 e. The molecule has 2 aromatic carbocycles. The van der Waals surface area contributed by atoms with E-state index in [0.717, 1.165) is 22.2 Å². The second-order valence-corrected chi connectivity index (χ2v) is 5.85. The molecule has 2 rings (SSSR count). The fourth-order valence-corrected chi connectivity index (χ4v) is 2.27. The summed E-state index contributed by atoms with van der Waals surface area (Å²) in [5.41, 5.74) is 1.87. The molecule has 2 aromatic rings. The maximum atomic E-state index is 11.2. The molecule has 4 nitrogen and oxygen atoms in total. The topological polar surface area (TPSA) is 58.6 Å². The van der Waals surface area contributed by atoms with Crippen LogP contribution in [0.5, 0.6) is 5.75 Å². The van der Waals surface area contributed by atoms with Crippen LogP contribution in [-0.2, 0) is 0 Å². The van der Waals surface area contributed by atoms with Gasteiger partial charge in [0, 0.05) is 16.7 Å². The minimum atomic E-state index is -0.919. The first-order chi connectivity index (χ1) is 10.6. The number of carboxylic acids is 1. The molecular weight excluding hydrogens is 346 g/mol. The second kappa shape index (κ2) is 7.84. The molecule has 0 atom stereocenters. The number of aromatic carboxylic acids is 1. The molecule has 0 aliphatic heterocycles. The monoisotopic (exact) mass is 363 g/mol. The fourth-order valence-electron chi connectivity index (χ4n) is 2.01. The SMILES string of the molecule is Cc1ccc(NCCCOc2ccc(Br)cc2)c(C(=O)O)c1. The lowest BCUT2D eigenvalue weighted by Gasteiger charge is -2.11. The van der Waals surface area contributed by atoms with Crippen LogP contribution >= 0.6 is 15.9 Å². The molecule has 116 valence electrons. The van der Waals surface area contributed by atoms with Gasteiger partial charge in [-0.25, -0.2) is 4.79 Å². The smallest absolute Gasteiger partial charge is 0.337 e. The lowest BCUT2D eigenvalue weighted by molar-refractivity contribution is 0.0698. The molecule has 0 aromatic heterocycles. The van der Waals surface area contributed by atoms with E-state index in [-0.39, 0.29) is 0 Å². The van der Waals surface area contributed by atoms with E-state index >= 15 is 0 Å². The van der Waals surface area contributed by atoms with Gasteiger partial charge in [-0.15, -0.1) is 0 Å². The van der Waals surface area contributed by atoms with Gasteiger partial charge in [-0.3, -0.25) is 0 Å². The van der Waals surface area contributed by atoms with Gasteiger partial charge in [0.05, 0.1) is 12.2 Å². The highest BCUT2D eigenvalue weighted by Crippen LogP contribution is 2.18. The van der Waals surface area contributed by atoms with Crippen molar-refractivity contribution in [3.8, 4) is 5.75 Å². The Kier molecular flexibility index (Phi) is 5.83. The van der Waals surface area contributed by atoms with Crippen molar-refractivity contribution in [3.63, 3.8) is 0 Å². The largest absolute Gasteiger partial charge is 0.494 e. The van der Waals surface area contributed by atoms with E-state index in [1.807, 2.05) is 37.3 Å². The van der Waals surface area contributed by atoms with E-state index in [0.29, 0.717) is 24.4 Å². The van der Waals surface area contributed by atoms with Crippen molar-refractivity contribution >= 4 is 27.6 Å². The molecule has 0 radical (unpaired) electrons. The highest BCUT2D eigenvalue weighted by Gasteiger charge is 2.09. The van der Waals surface area contributed by atoms with Crippen LogP contribution in [0, 0.1) is 6.92 Å².